The lowest BCUT2D eigenvalue weighted by Gasteiger charge is -2.15. The minimum absolute atomic E-state index is 0.295. The van der Waals surface area contributed by atoms with Gasteiger partial charge in [-0.05, 0) is 43.3 Å². The Balaban J connectivity index is 1.52. The van der Waals surface area contributed by atoms with Crippen LogP contribution in [-0.4, -0.2) is 12.0 Å². The molecule has 0 saturated heterocycles. The second-order valence-electron chi connectivity index (χ2n) is 6.13. The molecule has 0 aliphatic rings. The Bertz CT molecular complexity index is 1150. The monoisotopic (exact) mass is 399 g/mol. The first kappa shape index (κ1) is 17.7. The molecule has 0 radical (unpaired) electrons. The molecule has 27 heavy (non-hydrogen) atoms. The summed E-state index contributed by atoms with van der Waals surface area (Å²) in [6.45, 7) is 1.65. The van der Waals surface area contributed by atoms with Gasteiger partial charge in [-0.2, -0.15) is 0 Å². The van der Waals surface area contributed by atoms with E-state index in [1.807, 2.05) is 36.4 Å². The van der Waals surface area contributed by atoms with E-state index in [0.717, 1.165) is 16.4 Å². The van der Waals surface area contributed by atoms with Crippen molar-refractivity contribution in [2.24, 2.45) is 0 Å². The fourth-order valence-corrected chi connectivity index (χ4v) is 3.32. The molecule has 0 aliphatic heterocycles. The summed E-state index contributed by atoms with van der Waals surface area (Å²) in [4.78, 5) is 12.5. The van der Waals surface area contributed by atoms with Crippen LogP contribution in [0.3, 0.4) is 0 Å². The third-order valence-electron chi connectivity index (χ3n) is 4.21. The van der Waals surface area contributed by atoms with Crippen LogP contribution in [0.5, 0.6) is 5.75 Å². The predicted molar refractivity (Wildman–Crippen MR) is 109 cm³/mol. The van der Waals surface area contributed by atoms with E-state index in [1.165, 1.54) is 0 Å². The molecule has 6 heteroatoms. The Morgan fingerprint density at radius 2 is 1.78 bits per heavy atom. The number of carbonyl (C=O) groups is 1. The van der Waals surface area contributed by atoms with Gasteiger partial charge < -0.3 is 14.5 Å². The molecule has 0 spiro atoms. The highest BCUT2D eigenvalue weighted by Gasteiger charge is 2.17. The minimum atomic E-state index is -0.741. The first-order valence-electron chi connectivity index (χ1n) is 8.35. The first-order chi connectivity index (χ1) is 13.0. The van der Waals surface area contributed by atoms with Gasteiger partial charge in [0.1, 0.15) is 16.9 Å². The molecule has 4 nitrogen and oxygen atoms in total. The molecular formula is C21H15Cl2NO3. The molecule has 3 aromatic carbocycles. The summed E-state index contributed by atoms with van der Waals surface area (Å²) < 4.78 is 11.5. The van der Waals surface area contributed by atoms with E-state index in [4.69, 9.17) is 32.4 Å². The Kier molecular flexibility index (Phi) is 4.68. The number of ether oxygens (including phenoxy) is 1. The summed E-state index contributed by atoms with van der Waals surface area (Å²) in [5, 5.41) is 5.73. The standard InChI is InChI=1S/C21H15Cl2NO3/c1-12(26-19-9-6-13(22)10-17(19)23)21(25)24-14-7-8-16-15-4-2-3-5-18(15)27-20(16)11-14/h2-12H,1H3,(H,24,25). The molecule has 0 bridgehead atoms. The molecule has 1 unspecified atom stereocenters. The minimum Gasteiger partial charge on any atom is -0.479 e. The van der Waals surface area contributed by atoms with Crippen molar-refractivity contribution >= 4 is 56.7 Å². The summed E-state index contributed by atoms with van der Waals surface area (Å²) >= 11 is 12.0. The molecule has 1 amide bonds. The lowest BCUT2D eigenvalue weighted by Crippen LogP contribution is -2.30. The molecule has 4 rings (SSSR count). The quantitative estimate of drug-likeness (QED) is 0.438. The Hall–Kier alpha value is -2.69. The number of furan rings is 1. The van der Waals surface area contributed by atoms with Crippen molar-refractivity contribution in [3.63, 3.8) is 0 Å². The zero-order chi connectivity index (χ0) is 19.0. The van der Waals surface area contributed by atoms with Gasteiger partial charge in [-0.1, -0.05) is 41.4 Å². The van der Waals surface area contributed by atoms with Crippen LogP contribution in [0.25, 0.3) is 21.9 Å². The van der Waals surface area contributed by atoms with Gasteiger partial charge in [0, 0.05) is 27.5 Å². The highest BCUT2D eigenvalue weighted by Crippen LogP contribution is 2.31. The van der Waals surface area contributed by atoms with Gasteiger partial charge in [0.05, 0.1) is 5.02 Å². The fourth-order valence-electron chi connectivity index (χ4n) is 2.86. The maximum absolute atomic E-state index is 12.5. The van der Waals surface area contributed by atoms with Crippen molar-refractivity contribution in [3.8, 4) is 5.75 Å². The van der Waals surface area contributed by atoms with Gasteiger partial charge in [-0.3, -0.25) is 4.79 Å². The van der Waals surface area contributed by atoms with Crippen molar-refractivity contribution in [2.45, 2.75) is 13.0 Å². The molecular weight excluding hydrogens is 385 g/mol. The normalized spacial score (nSPS) is 12.3. The maximum Gasteiger partial charge on any atom is 0.265 e. The van der Waals surface area contributed by atoms with Crippen molar-refractivity contribution in [2.75, 3.05) is 5.32 Å². The van der Waals surface area contributed by atoms with Crippen molar-refractivity contribution in [1.82, 2.24) is 0 Å². The summed E-state index contributed by atoms with van der Waals surface area (Å²) in [6, 6.07) is 18.2. The Labute approximate surface area is 165 Å². The molecule has 0 aliphatic carbocycles. The second-order valence-corrected chi connectivity index (χ2v) is 6.98. The Morgan fingerprint density at radius 3 is 2.59 bits per heavy atom. The van der Waals surface area contributed by atoms with Gasteiger partial charge in [0.2, 0.25) is 0 Å². The molecule has 1 aromatic heterocycles. The number of hydrogen-bond acceptors (Lipinski definition) is 3. The van der Waals surface area contributed by atoms with E-state index in [9.17, 15) is 4.79 Å². The number of rotatable bonds is 4. The van der Waals surface area contributed by atoms with Crippen LogP contribution in [0.2, 0.25) is 10.0 Å². The van der Waals surface area contributed by atoms with Crippen LogP contribution >= 0.6 is 23.2 Å². The van der Waals surface area contributed by atoms with Crippen LogP contribution in [0.1, 0.15) is 6.92 Å². The molecule has 1 heterocycles. The number of nitrogens with one attached hydrogen (secondary N) is 1. The van der Waals surface area contributed by atoms with Gasteiger partial charge in [0.15, 0.2) is 6.10 Å². The topological polar surface area (TPSA) is 51.5 Å². The maximum atomic E-state index is 12.5. The highest BCUT2D eigenvalue weighted by atomic mass is 35.5. The highest BCUT2D eigenvalue weighted by molar-refractivity contribution is 6.35. The van der Waals surface area contributed by atoms with E-state index >= 15 is 0 Å². The van der Waals surface area contributed by atoms with Gasteiger partial charge >= 0.3 is 0 Å². The van der Waals surface area contributed by atoms with Crippen LogP contribution in [-0.2, 0) is 4.79 Å². The molecule has 0 saturated carbocycles. The summed E-state index contributed by atoms with van der Waals surface area (Å²) in [6.07, 6.45) is -0.741. The number of para-hydroxylation sites is 1. The largest absolute Gasteiger partial charge is 0.479 e. The van der Waals surface area contributed by atoms with E-state index in [2.05, 4.69) is 5.32 Å². The summed E-state index contributed by atoms with van der Waals surface area (Å²) in [5.74, 6) is 0.105. The molecule has 136 valence electrons. The van der Waals surface area contributed by atoms with E-state index in [0.29, 0.717) is 27.1 Å². The number of amides is 1. The van der Waals surface area contributed by atoms with Crippen LogP contribution in [0.15, 0.2) is 65.1 Å². The van der Waals surface area contributed by atoms with Crippen molar-refractivity contribution in [1.29, 1.82) is 0 Å². The number of halogens is 2. The smallest absolute Gasteiger partial charge is 0.265 e. The zero-order valence-electron chi connectivity index (χ0n) is 14.3. The first-order valence-corrected chi connectivity index (χ1v) is 9.11. The van der Waals surface area contributed by atoms with Gasteiger partial charge in [0.25, 0.3) is 5.91 Å². The van der Waals surface area contributed by atoms with E-state index in [1.54, 1.807) is 31.2 Å². The number of hydrogen-bond donors (Lipinski definition) is 1. The SMILES string of the molecule is CC(Oc1ccc(Cl)cc1Cl)C(=O)Nc1ccc2c(c1)oc1ccccc12. The average Bonchev–Trinajstić information content (AvgIpc) is 3.01. The van der Waals surface area contributed by atoms with Crippen LogP contribution < -0.4 is 10.1 Å². The van der Waals surface area contributed by atoms with Gasteiger partial charge in [-0.25, -0.2) is 0 Å². The summed E-state index contributed by atoms with van der Waals surface area (Å²) in [5.41, 5.74) is 2.15. The number of fused-ring (bicyclic) bond motifs is 3. The molecule has 0 fully saturated rings. The Morgan fingerprint density at radius 1 is 1.00 bits per heavy atom. The van der Waals surface area contributed by atoms with Crippen LogP contribution in [0, 0.1) is 0 Å². The molecule has 1 atom stereocenters. The number of carbonyl (C=O) groups excluding carboxylic acids is 1. The number of anilines is 1. The second kappa shape index (κ2) is 7.14. The van der Waals surface area contributed by atoms with E-state index < -0.39 is 6.10 Å². The summed E-state index contributed by atoms with van der Waals surface area (Å²) in [7, 11) is 0. The fraction of sp³-hybridized carbons (Fsp3) is 0.0952. The van der Waals surface area contributed by atoms with E-state index in [-0.39, 0.29) is 5.91 Å². The predicted octanol–water partition coefficient (Wildman–Crippen LogP) is 6.30. The lowest BCUT2D eigenvalue weighted by atomic mass is 10.1. The molecule has 1 N–H and O–H groups in total. The van der Waals surface area contributed by atoms with Gasteiger partial charge in [-0.15, -0.1) is 0 Å². The number of benzene rings is 3. The zero-order valence-corrected chi connectivity index (χ0v) is 15.8. The van der Waals surface area contributed by atoms with Crippen molar-refractivity contribution in [3.05, 3.63) is 70.7 Å². The van der Waals surface area contributed by atoms with Crippen LogP contribution in [0.4, 0.5) is 5.69 Å². The van der Waals surface area contributed by atoms with Crippen molar-refractivity contribution < 1.29 is 13.9 Å². The third kappa shape index (κ3) is 3.59. The third-order valence-corrected chi connectivity index (χ3v) is 4.74. The lowest BCUT2D eigenvalue weighted by molar-refractivity contribution is -0.122. The molecule has 4 aromatic rings. The average molecular weight is 400 g/mol.